The van der Waals surface area contributed by atoms with Crippen LogP contribution in [0.25, 0.3) is 10.2 Å². The summed E-state index contributed by atoms with van der Waals surface area (Å²) in [4.78, 5) is 39.3. The first kappa shape index (κ1) is 23.8. The predicted molar refractivity (Wildman–Crippen MR) is 140 cm³/mol. The van der Waals surface area contributed by atoms with Crippen LogP contribution in [0.4, 0.5) is 11.4 Å². The third-order valence-electron chi connectivity index (χ3n) is 6.24. The van der Waals surface area contributed by atoms with Crippen LogP contribution >= 0.6 is 23.1 Å². The number of carbonyl (C=O) groups is 1. The number of thiophene rings is 1. The minimum Gasteiger partial charge on any atom is -0.369 e. The summed E-state index contributed by atoms with van der Waals surface area (Å²) in [5, 5.41) is 3.42. The van der Waals surface area contributed by atoms with Gasteiger partial charge in [0.2, 0.25) is 5.91 Å². The van der Waals surface area contributed by atoms with Crippen LogP contribution in [0.3, 0.4) is 0 Å². The van der Waals surface area contributed by atoms with Crippen LogP contribution in [0.1, 0.15) is 28.8 Å². The van der Waals surface area contributed by atoms with E-state index in [1.807, 2.05) is 32.9 Å². The molecular weight excluding hydrogens is 454 g/mol. The zero-order chi connectivity index (χ0) is 23.7. The summed E-state index contributed by atoms with van der Waals surface area (Å²) in [5.41, 5.74) is 4.08. The first-order valence-electron chi connectivity index (χ1n) is 11.2. The van der Waals surface area contributed by atoms with Crippen molar-refractivity contribution < 1.29 is 4.79 Å². The molecule has 1 amide bonds. The Hall–Kier alpha value is -2.36. The van der Waals surface area contributed by atoms with E-state index in [0.29, 0.717) is 17.0 Å². The van der Waals surface area contributed by atoms with Gasteiger partial charge in [0.15, 0.2) is 0 Å². The molecule has 0 radical (unpaired) electrons. The first-order valence-corrected chi connectivity index (χ1v) is 13.0. The number of H-pyrrole nitrogens is 1. The van der Waals surface area contributed by atoms with Crippen LogP contribution in [0.15, 0.2) is 23.0 Å². The van der Waals surface area contributed by atoms with E-state index < -0.39 is 0 Å². The SMILES string of the molecule is Cc1cc(NC(=O)C(C)SCc2nc3sc(C)c(C)c3c(=O)[nH]2)ccc1N1CCN(C)CC1. The van der Waals surface area contributed by atoms with Crippen molar-refractivity contribution in [1.29, 1.82) is 0 Å². The van der Waals surface area contributed by atoms with Crippen molar-refractivity contribution in [3.8, 4) is 0 Å². The Morgan fingerprint density at radius 1 is 1.24 bits per heavy atom. The highest BCUT2D eigenvalue weighted by molar-refractivity contribution is 7.99. The Balaban J connectivity index is 1.36. The van der Waals surface area contributed by atoms with Crippen LogP contribution < -0.4 is 15.8 Å². The average Bonchev–Trinajstić information content (AvgIpc) is 3.06. The number of carbonyl (C=O) groups excluding carboxylic acids is 1. The summed E-state index contributed by atoms with van der Waals surface area (Å²) < 4.78 is 0. The maximum atomic E-state index is 12.8. The highest BCUT2D eigenvalue weighted by atomic mass is 32.2. The molecule has 0 bridgehead atoms. The fourth-order valence-corrected chi connectivity index (χ4v) is 5.83. The van der Waals surface area contributed by atoms with Crippen LogP contribution in [-0.4, -0.2) is 59.3 Å². The number of hydrogen-bond acceptors (Lipinski definition) is 7. The molecule has 0 spiro atoms. The van der Waals surface area contributed by atoms with Crippen LogP contribution in [0, 0.1) is 20.8 Å². The summed E-state index contributed by atoms with van der Waals surface area (Å²) in [7, 11) is 2.15. The third kappa shape index (κ3) is 5.26. The average molecular weight is 486 g/mol. The molecule has 1 unspecified atom stereocenters. The lowest BCUT2D eigenvalue weighted by Crippen LogP contribution is -2.44. The minimum atomic E-state index is -0.282. The number of aryl methyl sites for hydroxylation is 3. The largest absolute Gasteiger partial charge is 0.369 e. The number of fused-ring (bicyclic) bond motifs is 1. The van der Waals surface area contributed by atoms with E-state index in [1.165, 1.54) is 28.8 Å². The van der Waals surface area contributed by atoms with Gasteiger partial charge < -0.3 is 20.1 Å². The van der Waals surface area contributed by atoms with Gasteiger partial charge in [-0.25, -0.2) is 4.98 Å². The van der Waals surface area contributed by atoms with Crippen molar-refractivity contribution in [3.63, 3.8) is 0 Å². The molecule has 3 heterocycles. The Kier molecular flexibility index (Phi) is 7.11. The summed E-state index contributed by atoms with van der Waals surface area (Å²) in [6, 6.07) is 6.12. The number of nitrogens with one attached hydrogen (secondary N) is 2. The van der Waals surface area contributed by atoms with Gasteiger partial charge in [0, 0.05) is 42.4 Å². The van der Waals surface area contributed by atoms with Crippen molar-refractivity contribution in [2.24, 2.45) is 0 Å². The zero-order valence-electron chi connectivity index (χ0n) is 19.8. The number of anilines is 2. The fraction of sp³-hybridized carbons (Fsp3) is 0.458. The van der Waals surface area contributed by atoms with E-state index in [-0.39, 0.29) is 16.7 Å². The molecule has 0 aliphatic carbocycles. The zero-order valence-corrected chi connectivity index (χ0v) is 21.5. The van der Waals surface area contributed by atoms with Gasteiger partial charge in [0.25, 0.3) is 5.56 Å². The molecule has 3 aromatic rings. The Bertz CT molecular complexity index is 1230. The van der Waals surface area contributed by atoms with Crippen molar-refractivity contribution >= 4 is 50.6 Å². The molecule has 33 heavy (non-hydrogen) atoms. The molecule has 2 aromatic heterocycles. The molecular formula is C24H31N5O2S2. The second kappa shape index (κ2) is 9.87. The van der Waals surface area contributed by atoms with E-state index in [0.717, 1.165) is 52.7 Å². The van der Waals surface area contributed by atoms with Gasteiger partial charge in [-0.15, -0.1) is 23.1 Å². The highest BCUT2D eigenvalue weighted by Crippen LogP contribution is 2.27. The summed E-state index contributed by atoms with van der Waals surface area (Å²) in [5.74, 6) is 1.01. The van der Waals surface area contributed by atoms with E-state index >= 15 is 0 Å². The smallest absolute Gasteiger partial charge is 0.259 e. The van der Waals surface area contributed by atoms with E-state index in [4.69, 9.17) is 0 Å². The Morgan fingerprint density at radius 2 is 1.97 bits per heavy atom. The number of amides is 1. The molecule has 1 atom stereocenters. The molecule has 176 valence electrons. The molecule has 1 aliphatic heterocycles. The van der Waals surface area contributed by atoms with Gasteiger partial charge in [-0.05, 0) is 64.1 Å². The van der Waals surface area contributed by atoms with E-state index in [9.17, 15) is 9.59 Å². The topological polar surface area (TPSA) is 81.3 Å². The number of hydrogen-bond donors (Lipinski definition) is 2. The lowest BCUT2D eigenvalue weighted by atomic mass is 10.1. The molecule has 2 N–H and O–H groups in total. The maximum Gasteiger partial charge on any atom is 0.259 e. The number of piperazine rings is 1. The number of rotatable bonds is 6. The number of aromatic amines is 1. The summed E-state index contributed by atoms with van der Waals surface area (Å²) in [6.07, 6.45) is 0. The van der Waals surface area contributed by atoms with Gasteiger partial charge in [0.05, 0.1) is 16.4 Å². The molecule has 1 aliphatic rings. The van der Waals surface area contributed by atoms with Gasteiger partial charge in [-0.1, -0.05) is 0 Å². The van der Waals surface area contributed by atoms with Gasteiger partial charge in [0.1, 0.15) is 10.7 Å². The van der Waals surface area contributed by atoms with Gasteiger partial charge in [-0.3, -0.25) is 9.59 Å². The normalized spacial score (nSPS) is 15.7. The molecule has 1 saturated heterocycles. The summed E-state index contributed by atoms with van der Waals surface area (Å²) >= 11 is 3.00. The predicted octanol–water partition coefficient (Wildman–Crippen LogP) is 3.92. The number of benzene rings is 1. The lowest BCUT2D eigenvalue weighted by molar-refractivity contribution is -0.115. The van der Waals surface area contributed by atoms with Crippen LogP contribution in [0.2, 0.25) is 0 Å². The third-order valence-corrected chi connectivity index (χ3v) is 8.49. The second-order valence-electron chi connectivity index (χ2n) is 8.71. The van der Waals surface area contributed by atoms with E-state index in [1.54, 1.807) is 0 Å². The van der Waals surface area contributed by atoms with Crippen molar-refractivity contribution in [1.82, 2.24) is 14.9 Å². The van der Waals surface area contributed by atoms with Crippen LogP contribution in [0.5, 0.6) is 0 Å². The lowest BCUT2D eigenvalue weighted by Gasteiger charge is -2.35. The second-order valence-corrected chi connectivity index (χ2v) is 11.2. The minimum absolute atomic E-state index is 0.0574. The van der Waals surface area contributed by atoms with Gasteiger partial charge in [-0.2, -0.15) is 0 Å². The number of nitrogens with zero attached hydrogens (tertiary/aromatic N) is 3. The molecule has 1 fully saturated rings. The maximum absolute atomic E-state index is 12.8. The van der Waals surface area contributed by atoms with Gasteiger partial charge >= 0.3 is 0 Å². The van der Waals surface area contributed by atoms with Crippen molar-refractivity contribution in [2.45, 2.75) is 38.7 Å². The Morgan fingerprint density at radius 3 is 2.67 bits per heavy atom. The first-order chi connectivity index (χ1) is 15.7. The fourth-order valence-electron chi connectivity index (χ4n) is 4.03. The number of thioether (sulfide) groups is 1. The quantitative estimate of drug-likeness (QED) is 0.551. The monoisotopic (exact) mass is 485 g/mol. The molecule has 9 heteroatoms. The van der Waals surface area contributed by atoms with Crippen LogP contribution in [-0.2, 0) is 10.5 Å². The van der Waals surface area contributed by atoms with Crippen molar-refractivity contribution in [3.05, 3.63) is 50.4 Å². The number of likely N-dealkylation sites (N-methyl/N-ethyl adjacent to an activating group) is 1. The number of aromatic nitrogens is 2. The summed E-state index contributed by atoms with van der Waals surface area (Å²) in [6.45, 7) is 12.1. The highest BCUT2D eigenvalue weighted by Gasteiger charge is 2.18. The standard InChI is InChI=1S/C24H31N5O2S2/c1-14-12-18(6-7-19(14)29-10-8-28(5)9-11-29)25-22(30)17(4)32-13-20-26-23(31)21-15(2)16(3)33-24(21)27-20/h6-7,12,17H,8-11,13H2,1-5H3,(H,25,30)(H,26,27,31). The van der Waals surface area contributed by atoms with E-state index in [2.05, 4.69) is 45.1 Å². The molecule has 7 nitrogen and oxygen atoms in total. The van der Waals surface area contributed by atoms with Crippen molar-refractivity contribution in [2.75, 3.05) is 43.4 Å². The Labute approximate surface area is 202 Å². The molecule has 1 aromatic carbocycles. The molecule has 0 saturated carbocycles. The molecule has 4 rings (SSSR count).